The molecule has 1 N–H and O–H groups in total. The number of carbonyl (C=O) groups is 1. The summed E-state index contributed by atoms with van der Waals surface area (Å²) in [6.45, 7) is 12.6. The van der Waals surface area contributed by atoms with Crippen LogP contribution in [-0.2, 0) is 4.74 Å². The van der Waals surface area contributed by atoms with Crippen molar-refractivity contribution in [2.45, 2.75) is 18.8 Å². The van der Waals surface area contributed by atoms with Gasteiger partial charge in [0.1, 0.15) is 0 Å². The normalized spacial score (nSPS) is 16.9. The molecule has 2 amide bonds. The first kappa shape index (κ1) is 26.9. The second-order valence-electron chi connectivity index (χ2n) is 8.79. The van der Waals surface area contributed by atoms with Gasteiger partial charge in [0.25, 0.3) is 0 Å². The minimum absolute atomic E-state index is 0.175. The van der Waals surface area contributed by atoms with Crippen LogP contribution in [0.1, 0.15) is 24.3 Å². The van der Waals surface area contributed by atoms with Crippen molar-refractivity contribution in [3.05, 3.63) is 108 Å². The molecular formula is C30H36N4O2. The van der Waals surface area contributed by atoms with Crippen LogP contribution < -0.4 is 5.32 Å². The zero-order valence-electron chi connectivity index (χ0n) is 20.9. The number of rotatable bonds is 11. The molecule has 1 aliphatic carbocycles. The molecule has 0 saturated carbocycles. The van der Waals surface area contributed by atoms with E-state index in [9.17, 15) is 4.79 Å². The first-order chi connectivity index (χ1) is 17.6. The van der Waals surface area contributed by atoms with Gasteiger partial charge in [-0.1, -0.05) is 73.9 Å². The predicted molar refractivity (Wildman–Crippen MR) is 145 cm³/mol. The van der Waals surface area contributed by atoms with E-state index in [4.69, 9.17) is 10.00 Å². The predicted octanol–water partition coefficient (Wildman–Crippen LogP) is 5.10. The Bertz CT molecular complexity index is 1060. The van der Waals surface area contributed by atoms with E-state index in [0.29, 0.717) is 18.8 Å². The third-order valence-electron chi connectivity index (χ3n) is 6.34. The summed E-state index contributed by atoms with van der Waals surface area (Å²) >= 11 is 0. The molecule has 1 aliphatic heterocycles. The highest BCUT2D eigenvalue weighted by Crippen LogP contribution is 2.30. The number of hydrogen-bond acceptors (Lipinski definition) is 4. The Kier molecular flexibility index (Phi) is 11.0. The van der Waals surface area contributed by atoms with Crippen LogP contribution in [0.4, 0.5) is 4.79 Å². The summed E-state index contributed by atoms with van der Waals surface area (Å²) in [6.07, 6.45) is 15.5. The van der Waals surface area contributed by atoms with Crippen molar-refractivity contribution in [2.75, 3.05) is 45.9 Å². The van der Waals surface area contributed by atoms with Crippen LogP contribution in [0.2, 0.25) is 0 Å². The molecule has 0 aromatic heterocycles. The van der Waals surface area contributed by atoms with Crippen molar-refractivity contribution in [1.29, 1.82) is 5.26 Å². The fourth-order valence-corrected chi connectivity index (χ4v) is 4.32. The molecule has 0 bridgehead atoms. The molecular weight excluding hydrogens is 448 g/mol. The fourth-order valence-electron chi connectivity index (χ4n) is 4.32. The lowest BCUT2D eigenvalue weighted by Crippen LogP contribution is -2.46. The summed E-state index contributed by atoms with van der Waals surface area (Å²) in [5.41, 5.74) is 3.22. The summed E-state index contributed by atoms with van der Waals surface area (Å²) in [4.78, 5) is 17.5. The van der Waals surface area contributed by atoms with Crippen molar-refractivity contribution in [3.8, 4) is 6.07 Å². The maximum atomic E-state index is 13.4. The molecule has 1 unspecified atom stereocenters. The standard InChI is InChI=1S/C30H36N4O2/c1-3-28(23-25(2)24-31)32-30(35)34(18-17-33-19-21-36-22-20-33)16-15-29(27-13-9-6-10-14-27)26-11-7-4-5-8-12-26/h3-7,9-14,23,29H,1-2,8,15-22H2,(H,32,35)/b28-23+. The number of allylic oxidation sites excluding steroid dienone is 9. The molecule has 1 atom stereocenters. The number of urea groups is 1. The molecule has 6 nitrogen and oxygen atoms in total. The van der Waals surface area contributed by atoms with Gasteiger partial charge in [-0.3, -0.25) is 4.90 Å². The van der Waals surface area contributed by atoms with E-state index < -0.39 is 0 Å². The van der Waals surface area contributed by atoms with Crippen molar-refractivity contribution in [2.24, 2.45) is 0 Å². The number of carbonyl (C=O) groups excluding carboxylic acids is 1. The maximum Gasteiger partial charge on any atom is 0.321 e. The Hall–Kier alpha value is -3.66. The Balaban J connectivity index is 1.77. The van der Waals surface area contributed by atoms with Gasteiger partial charge in [0.05, 0.1) is 19.3 Å². The highest BCUT2D eigenvalue weighted by molar-refractivity contribution is 5.77. The maximum absolute atomic E-state index is 13.4. The number of nitrogens with one attached hydrogen (secondary N) is 1. The molecule has 6 heteroatoms. The number of hydrogen-bond donors (Lipinski definition) is 1. The Morgan fingerprint density at radius 2 is 2.00 bits per heavy atom. The molecule has 0 radical (unpaired) electrons. The topological polar surface area (TPSA) is 68.6 Å². The van der Waals surface area contributed by atoms with Gasteiger partial charge in [-0.05, 0) is 36.1 Å². The molecule has 1 aromatic rings. The first-order valence-corrected chi connectivity index (χ1v) is 12.5. The van der Waals surface area contributed by atoms with Gasteiger partial charge >= 0.3 is 6.03 Å². The number of benzene rings is 1. The van der Waals surface area contributed by atoms with Crippen molar-refractivity contribution >= 4 is 6.03 Å². The molecule has 1 fully saturated rings. The van der Waals surface area contributed by atoms with Gasteiger partial charge in [0.15, 0.2) is 0 Å². The fraction of sp³-hybridized carbons (Fsp3) is 0.333. The van der Waals surface area contributed by atoms with E-state index in [1.165, 1.54) is 23.3 Å². The quantitative estimate of drug-likeness (QED) is 0.351. The minimum atomic E-state index is -0.209. The summed E-state index contributed by atoms with van der Waals surface area (Å²) < 4.78 is 5.47. The van der Waals surface area contributed by atoms with E-state index in [0.717, 1.165) is 45.7 Å². The molecule has 2 aliphatic rings. The van der Waals surface area contributed by atoms with E-state index in [2.05, 4.69) is 78.0 Å². The smallest absolute Gasteiger partial charge is 0.321 e. The number of ether oxygens (including phenoxy) is 1. The van der Waals surface area contributed by atoms with Gasteiger partial charge < -0.3 is 15.0 Å². The van der Waals surface area contributed by atoms with Crippen molar-refractivity contribution < 1.29 is 9.53 Å². The van der Waals surface area contributed by atoms with Gasteiger partial charge in [-0.15, -0.1) is 0 Å². The molecule has 1 heterocycles. The average Bonchev–Trinajstić information content (AvgIpc) is 3.20. The summed E-state index contributed by atoms with van der Waals surface area (Å²) in [5, 5.41) is 12.0. The third kappa shape index (κ3) is 8.53. The van der Waals surface area contributed by atoms with Crippen LogP contribution in [0, 0.1) is 11.3 Å². The van der Waals surface area contributed by atoms with Gasteiger partial charge in [-0.25, -0.2) is 4.79 Å². The van der Waals surface area contributed by atoms with Crippen LogP contribution in [0.15, 0.2) is 103 Å². The minimum Gasteiger partial charge on any atom is -0.379 e. The molecule has 188 valence electrons. The number of nitrogens with zero attached hydrogens (tertiary/aromatic N) is 3. The van der Waals surface area contributed by atoms with Crippen LogP contribution in [-0.4, -0.2) is 61.8 Å². The lowest BCUT2D eigenvalue weighted by Gasteiger charge is -2.31. The monoisotopic (exact) mass is 484 g/mol. The van der Waals surface area contributed by atoms with Crippen LogP contribution in [0.3, 0.4) is 0 Å². The number of nitriles is 1. The van der Waals surface area contributed by atoms with Crippen LogP contribution >= 0.6 is 0 Å². The summed E-state index contributed by atoms with van der Waals surface area (Å²) in [5.74, 6) is 0.175. The Labute approximate surface area is 215 Å². The molecule has 1 aromatic carbocycles. The zero-order chi connectivity index (χ0) is 25.6. The van der Waals surface area contributed by atoms with E-state index >= 15 is 0 Å². The van der Waals surface area contributed by atoms with Crippen LogP contribution in [0.25, 0.3) is 0 Å². The molecule has 0 spiro atoms. The third-order valence-corrected chi connectivity index (χ3v) is 6.34. The highest BCUT2D eigenvalue weighted by atomic mass is 16.5. The second kappa shape index (κ2) is 14.7. The number of morpholine rings is 1. The first-order valence-electron chi connectivity index (χ1n) is 12.5. The summed E-state index contributed by atoms with van der Waals surface area (Å²) in [6, 6.07) is 12.2. The van der Waals surface area contributed by atoms with Gasteiger partial charge in [0, 0.05) is 49.9 Å². The molecule has 36 heavy (non-hydrogen) atoms. The van der Waals surface area contributed by atoms with Gasteiger partial charge in [0.2, 0.25) is 0 Å². The number of amides is 2. The van der Waals surface area contributed by atoms with E-state index in [-0.39, 0.29) is 17.5 Å². The average molecular weight is 485 g/mol. The van der Waals surface area contributed by atoms with E-state index in [1.807, 2.05) is 17.0 Å². The zero-order valence-corrected chi connectivity index (χ0v) is 20.9. The van der Waals surface area contributed by atoms with Crippen molar-refractivity contribution in [3.63, 3.8) is 0 Å². The summed E-state index contributed by atoms with van der Waals surface area (Å²) in [7, 11) is 0. The lowest BCUT2D eigenvalue weighted by atomic mass is 9.87. The molecule has 1 saturated heterocycles. The largest absolute Gasteiger partial charge is 0.379 e. The SMILES string of the molecule is C=C/C(=C\C(=C)C#N)NC(=O)N(CCC(C1=CCC=CC=C1)c1ccccc1)CCN1CCOCC1. The lowest BCUT2D eigenvalue weighted by molar-refractivity contribution is 0.0349. The Morgan fingerprint density at radius 3 is 2.72 bits per heavy atom. The van der Waals surface area contributed by atoms with Crippen LogP contribution in [0.5, 0.6) is 0 Å². The van der Waals surface area contributed by atoms with E-state index in [1.54, 1.807) is 0 Å². The molecule has 3 rings (SSSR count). The highest BCUT2D eigenvalue weighted by Gasteiger charge is 2.21. The van der Waals surface area contributed by atoms with Crippen molar-refractivity contribution in [1.82, 2.24) is 15.1 Å². The van der Waals surface area contributed by atoms with Gasteiger partial charge in [-0.2, -0.15) is 5.26 Å². The second-order valence-corrected chi connectivity index (χ2v) is 8.79. The Morgan fingerprint density at radius 1 is 1.22 bits per heavy atom.